The highest BCUT2D eigenvalue weighted by Gasteiger charge is 2.34. The molecule has 1 N–H and O–H groups in total. The van der Waals surface area contributed by atoms with Crippen LogP contribution in [0.15, 0.2) is 36.5 Å². The predicted octanol–water partition coefficient (Wildman–Crippen LogP) is 2.50. The van der Waals surface area contributed by atoms with Crippen LogP contribution in [0.4, 0.5) is 11.6 Å². The quantitative estimate of drug-likeness (QED) is 0.573. The van der Waals surface area contributed by atoms with Crippen LogP contribution in [0.5, 0.6) is 0 Å². The zero-order valence-electron chi connectivity index (χ0n) is 19.8. The lowest BCUT2D eigenvalue weighted by molar-refractivity contribution is 0.0306. The summed E-state index contributed by atoms with van der Waals surface area (Å²) in [7, 11) is 5.25. The number of carbonyl (C=O) groups is 1. The van der Waals surface area contributed by atoms with Crippen molar-refractivity contribution in [3.05, 3.63) is 42.1 Å². The number of nitrogens with zero attached hydrogens (tertiary/aromatic N) is 5. The van der Waals surface area contributed by atoms with E-state index in [1.807, 2.05) is 36.3 Å². The molecular weight excluding hydrogens is 432 g/mol. The Balaban J connectivity index is 1.61. The van der Waals surface area contributed by atoms with Crippen LogP contribution >= 0.6 is 0 Å². The summed E-state index contributed by atoms with van der Waals surface area (Å²) in [6.07, 6.45) is 4.56. The van der Waals surface area contributed by atoms with Gasteiger partial charge in [-0.2, -0.15) is 4.98 Å². The van der Waals surface area contributed by atoms with E-state index in [2.05, 4.69) is 21.3 Å². The SMILES string of the molecule is CNC(=O)c1cccc(-c2cc(N3CC4CCC(C3)O4)c3cnc(N(C)CCOC)nc3n2)c1. The Labute approximate surface area is 199 Å². The number of rotatable bonds is 7. The molecule has 5 rings (SSSR count). The van der Waals surface area contributed by atoms with Crippen LogP contribution < -0.4 is 15.1 Å². The zero-order chi connectivity index (χ0) is 23.7. The third kappa shape index (κ3) is 4.41. The van der Waals surface area contributed by atoms with Gasteiger partial charge in [-0.3, -0.25) is 4.79 Å². The first kappa shape index (κ1) is 22.5. The maximum atomic E-state index is 12.2. The molecule has 2 fully saturated rings. The van der Waals surface area contributed by atoms with Crippen LogP contribution in [0.25, 0.3) is 22.3 Å². The van der Waals surface area contributed by atoms with Gasteiger partial charge in [0.15, 0.2) is 5.65 Å². The summed E-state index contributed by atoms with van der Waals surface area (Å²) in [6, 6.07) is 9.61. The molecule has 2 unspecified atom stereocenters. The van der Waals surface area contributed by atoms with Crippen molar-refractivity contribution in [2.24, 2.45) is 0 Å². The van der Waals surface area contributed by atoms with Gasteiger partial charge in [-0.25, -0.2) is 9.97 Å². The summed E-state index contributed by atoms with van der Waals surface area (Å²) in [5.41, 5.74) is 3.92. The molecule has 4 heterocycles. The van der Waals surface area contributed by atoms with Crippen molar-refractivity contribution in [1.29, 1.82) is 0 Å². The number of benzene rings is 1. The Morgan fingerprint density at radius 2 is 2.03 bits per heavy atom. The first-order valence-corrected chi connectivity index (χ1v) is 11.7. The molecule has 2 bridgehead atoms. The number of anilines is 2. The molecule has 2 aliphatic heterocycles. The Hall–Kier alpha value is -3.30. The van der Waals surface area contributed by atoms with E-state index in [1.165, 1.54) is 0 Å². The van der Waals surface area contributed by atoms with Crippen LogP contribution in [0.2, 0.25) is 0 Å². The second-order valence-corrected chi connectivity index (χ2v) is 8.87. The average molecular weight is 463 g/mol. The van der Waals surface area contributed by atoms with Gasteiger partial charge < -0.3 is 24.6 Å². The summed E-state index contributed by atoms with van der Waals surface area (Å²) in [4.78, 5) is 30.9. The van der Waals surface area contributed by atoms with Crippen molar-refractivity contribution >= 4 is 28.6 Å². The number of hydrogen-bond acceptors (Lipinski definition) is 8. The van der Waals surface area contributed by atoms with E-state index in [0.29, 0.717) is 30.3 Å². The lowest BCUT2D eigenvalue weighted by atomic mass is 10.1. The number of aromatic nitrogens is 3. The minimum Gasteiger partial charge on any atom is -0.383 e. The van der Waals surface area contributed by atoms with Gasteiger partial charge >= 0.3 is 0 Å². The first-order chi connectivity index (χ1) is 16.6. The summed E-state index contributed by atoms with van der Waals surface area (Å²) in [6.45, 7) is 2.93. The normalized spacial score (nSPS) is 19.4. The van der Waals surface area contributed by atoms with Crippen molar-refractivity contribution < 1.29 is 14.3 Å². The van der Waals surface area contributed by atoms with Crippen molar-refractivity contribution in [3.63, 3.8) is 0 Å². The zero-order valence-corrected chi connectivity index (χ0v) is 19.8. The summed E-state index contributed by atoms with van der Waals surface area (Å²) < 4.78 is 11.3. The fourth-order valence-corrected chi connectivity index (χ4v) is 4.68. The Morgan fingerprint density at radius 1 is 1.24 bits per heavy atom. The number of hydrogen-bond donors (Lipinski definition) is 1. The molecule has 3 aromatic rings. The molecule has 34 heavy (non-hydrogen) atoms. The Bertz CT molecular complexity index is 1190. The molecule has 0 spiro atoms. The van der Waals surface area contributed by atoms with Gasteiger partial charge in [0, 0.05) is 58.2 Å². The third-order valence-corrected chi connectivity index (χ3v) is 6.54. The summed E-state index contributed by atoms with van der Waals surface area (Å²) >= 11 is 0. The molecule has 2 saturated heterocycles. The van der Waals surface area contributed by atoms with Crippen LogP contribution in [0.1, 0.15) is 23.2 Å². The molecule has 0 saturated carbocycles. The molecule has 2 aliphatic rings. The van der Waals surface area contributed by atoms with Crippen LogP contribution in [0, 0.1) is 0 Å². The maximum Gasteiger partial charge on any atom is 0.251 e. The first-order valence-electron chi connectivity index (χ1n) is 11.7. The van der Waals surface area contributed by atoms with E-state index in [0.717, 1.165) is 48.3 Å². The van der Waals surface area contributed by atoms with E-state index in [-0.39, 0.29) is 18.1 Å². The number of nitrogens with one attached hydrogen (secondary N) is 1. The van der Waals surface area contributed by atoms with Crippen molar-refractivity contribution in [2.45, 2.75) is 25.0 Å². The Kier molecular flexibility index (Phi) is 6.30. The molecule has 1 aromatic carbocycles. The number of amides is 1. The van der Waals surface area contributed by atoms with Gasteiger partial charge in [0.1, 0.15) is 0 Å². The molecule has 9 nitrogen and oxygen atoms in total. The summed E-state index contributed by atoms with van der Waals surface area (Å²) in [5, 5.41) is 3.60. The Morgan fingerprint density at radius 3 is 2.76 bits per heavy atom. The second kappa shape index (κ2) is 9.52. The lowest BCUT2D eigenvalue weighted by Gasteiger charge is -2.34. The monoisotopic (exact) mass is 462 g/mol. The largest absolute Gasteiger partial charge is 0.383 e. The van der Waals surface area contributed by atoms with Gasteiger partial charge in [-0.15, -0.1) is 0 Å². The molecule has 9 heteroatoms. The summed E-state index contributed by atoms with van der Waals surface area (Å²) in [5.74, 6) is 0.471. The smallest absolute Gasteiger partial charge is 0.251 e. The number of pyridine rings is 1. The highest BCUT2D eigenvalue weighted by Crippen LogP contribution is 2.35. The number of fused-ring (bicyclic) bond motifs is 3. The number of carbonyl (C=O) groups excluding carboxylic acids is 1. The van der Waals surface area contributed by atoms with Crippen molar-refractivity contribution in [1.82, 2.24) is 20.3 Å². The fraction of sp³-hybridized carbons (Fsp3) is 0.440. The molecule has 2 aromatic heterocycles. The lowest BCUT2D eigenvalue weighted by Crippen LogP contribution is -2.42. The molecular formula is C25H30N6O3. The van der Waals surface area contributed by atoms with Gasteiger partial charge in [-0.1, -0.05) is 12.1 Å². The average Bonchev–Trinajstić information content (AvgIpc) is 3.22. The predicted molar refractivity (Wildman–Crippen MR) is 131 cm³/mol. The van der Waals surface area contributed by atoms with Gasteiger partial charge in [0.2, 0.25) is 5.95 Å². The molecule has 178 valence electrons. The van der Waals surface area contributed by atoms with Gasteiger partial charge in [0.25, 0.3) is 5.91 Å². The third-order valence-electron chi connectivity index (χ3n) is 6.54. The molecule has 1 amide bonds. The molecule has 2 atom stereocenters. The van der Waals surface area contributed by atoms with Crippen LogP contribution in [-0.4, -0.2) is 80.5 Å². The minimum atomic E-state index is -0.128. The topological polar surface area (TPSA) is 92.7 Å². The fourth-order valence-electron chi connectivity index (χ4n) is 4.68. The minimum absolute atomic E-state index is 0.128. The molecule has 0 radical (unpaired) electrons. The highest BCUT2D eigenvalue weighted by atomic mass is 16.5. The van der Waals surface area contributed by atoms with Crippen LogP contribution in [0.3, 0.4) is 0 Å². The van der Waals surface area contributed by atoms with Crippen LogP contribution in [-0.2, 0) is 9.47 Å². The standard InChI is InChI=1S/C25H30N6O3/c1-26-24(32)17-6-4-5-16(11-17)21-12-22(31-14-18-7-8-19(15-31)34-18)20-13-27-25(29-23(20)28-21)30(2)9-10-33-3/h4-6,11-13,18-19H,7-10,14-15H2,1-3H3,(H,26,32). The molecule has 0 aliphatic carbocycles. The van der Waals surface area contributed by atoms with E-state index in [4.69, 9.17) is 19.4 Å². The maximum absolute atomic E-state index is 12.2. The highest BCUT2D eigenvalue weighted by molar-refractivity contribution is 5.96. The number of likely N-dealkylation sites (N-methyl/N-ethyl adjacent to an activating group) is 1. The van der Waals surface area contributed by atoms with Gasteiger partial charge in [-0.05, 0) is 31.0 Å². The van der Waals surface area contributed by atoms with Crippen molar-refractivity contribution in [2.75, 3.05) is 57.2 Å². The number of methoxy groups -OCH3 is 1. The van der Waals surface area contributed by atoms with Crippen molar-refractivity contribution in [3.8, 4) is 11.3 Å². The number of ether oxygens (including phenoxy) is 2. The van der Waals surface area contributed by atoms with E-state index < -0.39 is 0 Å². The van der Waals surface area contributed by atoms with Gasteiger partial charge in [0.05, 0.1) is 35.6 Å². The van der Waals surface area contributed by atoms with E-state index >= 15 is 0 Å². The number of morpholine rings is 1. The van der Waals surface area contributed by atoms with E-state index in [9.17, 15) is 4.79 Å². The van der Waals surface area contributed by atoms with E-state index in [1.54, 1.807) is 20.2 Å². The second-order valence-electron chi connectivity index (χ2n) is 8.87.